The van der Waals surface area contributed by atoms with E-state index in [1.807, 2.05) is 6.07 Å². The first-order valence-electron chi connectivity index (χ1n) is 7.41. The fraction of sp³-hybridized carbons (Fsp3) is 0.375. The maximum Gasteiger partial charge on any atom is 0.293 e. The number of benzene rings is 1. The van der Waals surface area contributed by atoms with Crippen LogP contribution in [0.4, 0.5) is 11.5 Å². The number of anilines is 2. The molecule has 0 saturated heterocycles. The lowest BCUT2D eigenvalue weighted by molar-refractivity contribution is 0.268. The van der Waals surface area contributed by atoms with Gasteiger partial charge in [0.1, 0.15) is 4.60 Å². The third-order valence-corrected chi connectivity index (χ3v) is 4.43. The van der Waals surface area contributed by atoms with E-state index in [1.54, 1.807) is 13.2 Å². The minimum atomic E-state index is -0.141. The molecule has 3 rings (SSSR count). The van der Waals surface area contributed by atoms with Crippen LogP contribution in [0.1, 0.15) is 18.1 Å². The predicted molar refractivity (Wildman–Crippen MR) is 91.6 cm³/mol. The Morgan fingerprint density at radius 1 is 1.36 bits per heavy atom. The fourth-order valence-corrected chi connectivity index (χ4v) is 3.23. The van der Waals surface area contributed by atoms with Crippen LogP contribution < -0.4 is 10.9 Å². The van der Waals surface area contributed by atoms with Crippen molar-refractivity contribution in [3.05, 3.63) is 50.5 Å². The number of fused-ring (bicyclic) bond motifs is 1. The highest BCUT2D eigenvalue weighted by atomic mass is 79.9. The van der Waals surface area contributed by atoms with Gasteiger partial charge in [0.15, 0.2) is 5.82 Å². The van der Waals surface area contributed by atoms with Crippen LogP contribution in [0, 0.1) is 0 Å². The highest BCUT2D eigenvalue weighted by Crippen LogP contribution is 2.23. The lowest BCUT2D eigenvalue weighted by atomic mass is 9.99. The summed E-state index contributed by atoms with van der Waals surface area (Å²) in [6.45, 7) is 5.36. The second-order valence-corrected chi connectivity index (χ2v) is 6.37. The van der Waals surface area contributed by atoms with Crippen molar-refractivity contribution in [2.75, 3.05) is 18.4 Å². The molecule has 0 radical (unpaired) electrons. The van der Waals surface area contributed by atoms with Crippen LogP contribution in [0.15, 0.2) is 33.8 Å². The Balaban J connectivity index is 1.87. The Kier molecular flexibility index (Phi) is 4.31. The molecule has 2 heterocycles. The number of likely N-dealkylation sites (N-methyl/N-ethyl adjacent to an activating group) is 1. The zero-order valence-corrected chi connectivity index (χ0v) is 14.4. The zero-order chi connectivity index (χ0) is 15.7. The molecule has 0 fully saturated rings. The first-order chi connectivity index (χ1) is 10.6. The molecule has 22 heavy (non-hydrogen) atoms. The average Bonchev–Trinajstić information content (AvgIpc) is 2.51. The van der Waals surface area contributed by atoms with Crippen LogP contribution >= 0.6 is 15.9 Å². The molecule has 1 aromatic heterocycles. The maximum absolute atomic E-state index is 12.1. The Morgan fingerprint density at radius 2 is 2.18 bits per heavy atom. The van der Waals surface area contributed by atoms with Crippen molar-refractivity contribution in [3.63, 3.8) is 0 Å². The molecule has 0 atom stereocenters. The van der Waals surface area contributed by atoms with E-state index >= 15 is 0 Å². The summed E-state index contributed by atoms with van der Waals surface area (Å²) in [4.78, 5) is 18.8. The van der Waals surface area contributed by atoms with E-state index in [2.05, 4.69) is 50.2 Å². The van der Waals surface area contributed by atoms with E-state index in [1.165, 1.54) is 15.7 Å². The highest BCUT2D eigenvalue weighted by Gasteiger charge is 2.15. The largest absolute Gasteiger partial charge is 0.336 e. The molecule has 0 amide bonds. The van der Waals surface area contributed by atoms with E-state index < -0.39 is 0 Å². The minimum absolute atomic E-state index is 0.141. The summed E-state index contributed by atoms with van der Waals surface area (Å²) in [6.07, 6.45) is 2.70. The minimum Gasteiger partial charge on any atom is -0.336 e. The van der Waals surface area contributed by atoms with Gasteiger partial charge >= 0.3 is 0 Å². The second kappa shape index (κ2) is 6.22. The van der Waals surface area contributed by atoms with Crippen LogP contribution in [-0.4, -0.2) is 27.5 Å². The molecule has 1 aliphatic rings. The van der Waals surface area contributed by atoms with Crippen LogP contribution in [0.3, 0.4) is 0 Å². The first-order valence-corrected chi connectivity index (χ1v) is 8.20. The molecule has 0 unspecified atom stereocenters. The molecular weight excluding hydrogens is 344 g/mol. The van der Waals surface area contributed by atoms with E-state index in [4.69, 9.17) is 0 Å². The summed E-state index contributed by atoms with van der Waals surface area (Å²) in [5.74, 6) is 0.336. The standard InChI is InChI=1S/C16H19BrN4O/c1-3-21-7-6-11-8-13(5-4-12(11)9-21)18-15-16(22)20(2)10-14(17)19-15/h4-5,8,10H,3,6-7,9H2,1-2H3,(H,18,19). The smallest absolute Gasteiger partial charge is 0.293 e. The van der Waals surface area contributed by atoms with Crippen molar-refractivity contribution in [2.45, 2.75) is 19.9 Å². The highest BCUT2D eigenvalue weighted by molar-refractivity contribution is 9.10. The first kappa shape index (κ1) is 15.2. The molecule has 116 valence electrons. The summed E-state index contributed by atoms with van der Waals surface area (Å²) in [6, 6.07) is 6.28. The van der Waals surface area contributed by atoms with Crippen LogP contribution in [0.5, 0.6) is 0 Å². The van der Waals surface area contributed by atoms with Gasteiger partial charge in [-0.3, -0.25) is 9.69 Å². The van der Waals surface area contributed by atoms with Crippen molar-refractivity contribution in [2.24, 2.45) is 7.05 Å². The lowest BCUT2D eigenvalue weighted by Gasteiger charge is -2.27. The predicted octanol–water partition coefficient (Wildman–Crippen LogP) is 2.66. The average molecular weight is 363 g/mol. The quantitative estimate of drug-likeness (QED) is 0.911. The molecule has 0 aliphatic carbocycles. The Bertz CT molecular complexity index is 756. The number of aryl methyl sites for hydroxylation is 1. The van der Waals surface area contributed by atoms with Gasteiger partial charge in [0.25, 0.3) is 5.56 Å². The van der Waals surface area contributed by atoms with Gasteiger partial charge in [0.2, 0.25) is 0 Å². The molecule has 0 saturated carbocycles. The van der Waals surface area contributed by atoms with Crippen LogP contribution in [-0.2, 0) is 20.0 Å². The van der Waals surface area contributed by atoms with Crippen LogP contribution in [0.2, 0.25) is 0 Å². The van der Waals surface area contributed by atoms with E-state index in [-0.39, 0.29) is 5.56 Å². The number of halogens is 1. The number of hydrogen-bond donors (Lipinski definition) is 1. The summed E-state index contributed by atoms with van der Waals surface area (Å²) in [7, 11) is 1.71. The van der Waals surface area contributed by atoms with Gasteiger partial charge in [-0.2, -0.15) is 0 Å². The third kappa shape index (κ3) is 3.08. The van der Waals surface area contributed by atoms with Gasteiger partial charge < -0.3 is 9.88 Å². The zero-order valence-electron chi connectivity index (χ0n) is 12.8. The Morgan fingerprint density at radius 3 is 2.95 bits per heavy atom. The summed E-state index contributed by atoms with van der Waals surface area (Å²) >= 11 is 3.32. The molecule has 6 heteroatoms. The van der Waals surface area contributed by atoms with Crippen molar-refractivity contribution in [1.29, 1.82) is 0 Å². The molecule has 0 bridgehead atoms. The van der Waals surface area contributed by atoms with E-state index in [9.17, 15) is 4.79 Å². The van der Waals surface area contributed by atoms with Crippen molar-refractivity contribution < 1.29 is 0 Å². The normalized spacial score (nSPS) is 14.7. The number of nitrogens with zero attached hydrogens (tertiary/aromatic N) is 3. The SMILES string of the molecule is CCN1CCc2cc(Nc3nc(Br)cn(C)c3=O)ccc2C1. The Hall–Kier alpha value is -1.66. The topological polar surface area (TPSA) is 50.2 Å². The monoisotopic (exact) mass is 362 g/mol. The molecular formula is C16H19BrN4O. The number of nitrogens with one attached hydrogen (secondary N) is 1. The van der Waals surface area contributed by atoms with E-state index in [0.717, 1.165) is 31.7 Å². The third-order valence-electron chi connectivity index (χ3n) is 4.05. The lowest BCUT2D eigenvalue weighted by Crippen LogP contribution is -2.30. The van der Waals surface area contributed by atoms with Gasteiger partial charge in [-0.1, -0.05) is 13.0 Å². The number of rotatable bonds is 3. The summed E-state index contributed by atoms with van der Waals surface area (Å²) in [5.41, 5.74) is 3.49. The van der Waals surface area contributed by atoms with Crippen molar-refractivity contribution >= 4 is 27.4 Å². The van der Waals surface area contributed by atoms with Gasteiger partial charge in [0.05, 0.1) is 0 Å². The molecule has 5 nitrogen and oxygen atoms in total. The summed E-state index contributed by atoms with van der Waals surface area (Å²) < 4.78 is 2.14. The number of hydrogen-bond acceptors (Lipinski definition) is 4. The molecule has 1 aliphatic heterocycles. The fourth-order valence-electron chi connectivity index (χ4n) is 2.75. The van der Waals surface area contributed by atoms with Crippen molar-refractivity contribution in [1.82, 2.24) is 14.5 Å². The maximum atomic E-state index is 12.1. The molecule has 1 N–H and O–H groups in total. The van der Waals surface area contributed by atoms with Gasteiger partial charge in [-0.25, -0.2) is 4.98 Å². The second-order valence-electron chi connectivity index (χ2n) is 5.56. The molecule has 1 aromatic carbocycles. The number of aromatic nitrogens is 2. The van der Waals surface area contributed by atoms with Crippen molar-refractivity contribution in [3.8, 4) is 0 Å². The van der Waals surface area contributed by atoms with Crippen LogP contribution in [0.25, 0.3) is 0 Å². The molecule has 0 spiro atoms. The Labute approximate surface area is 138 Å². The van der Waals surface area contributed by atoms with E-state index in [0.29, 0.717) is 10.4 Å². The summed E-state index contributed by atoms with van der Waals surface area (Å²) in [5, 5.41) is 3.14. The van der Waals surface area contributed by atoms with Gasteiger partial charge in [0, 0.05) is 32.0 Å². The van der Waals surface area contributed by atoms with Gasteiger partial charge in [-0.05, 0) is 52.2 Å². The molecule has 2 aromatic rings. The van der Waals surface area contributed by atoms with Gasteiger partial charge in [-0.15, -0.1) is 0 Å².